The average molecular weight is 381 g/mol. The summed E-state index contributed by atoms with van der Waals surface area (Å²) >= 11 is 1.35. The quantitative estimate of drug-likeness (QED) is 0.680. The van der Waals surface area contributed by atoms with Crippen LogP contribution in [0.3, 0.4) is 0 Å². The number of piperidine rings is 1. The molecule has 0 atom stereocenters. The Kier molecular flexibility index (Phi) is 6.79. The summed E-state index contributed by atoms with van der Waals surface area (Å²) in [6.07, 6.45) is 6.36. The number of anilines is 2. The fraction of sp³-hybridized carbons (Fsp3) is 0.765. The van der Waals surface area contributed by atoms with Crippen LogP contribution >= 0.6 is 11.3 Å². The summed E-state index contributed by atoms with van der Waals surface area (Å²) in [6.45, 7) is 5.08. The van der Waals surface area contributed by atoms with E-state index in [2.05, 4.69) is 20.4 Å². The van der Waals surface area contributed by atoms with Crippen molar-refractivity contribution in [2.75, 3.05) is 56.1 Å². The van der Waals surface area contributed by atoms with Crippen LogP contribution in [0.15, 0.2) is 0 Å². The Morgan fingerprint density at radius 1 is 1.19 bits per heavy atom. The fourth-order valence-corrected chi connectivity index (χ4v) is 4.22. The van der Waals surface area contributed by atoms with Crippen LogP contribution in [-0.2, 0) is 9.59 Å². The molecule has 2 saturated heterocycles. The van der Waals surface area contributed by atoms with Gasteiger partial charge < -0.3 is 15.1 Å². The van der Waals surface area contributed by atoms with E-state index in [1.807, 2.05) is 7.05 Å². The number of hydrogen-bond donors (Lipinski definition) is 1. The molecule has 0 radical (unpaired) electrons. The maximum Gasteiger partial charge on any atom is 0.239 e. The van der Waals surface area contributed by atoms with Crippen molar-refractivity contribution < 1.29 is 9.59 Å². The number of nitrogens with zero attached hydrogens (tertiary/aromatic N) is 5. The lowest BCUT2D eigenvalue weighted by molar-refractivity contribution is -0.119. The smallest absolute Gasteiger partial charge is 0.239 e. The zero-order chi connectivity index (χ0) is 18.4. The van der Waals surface area contributed by atoms with Gasteiger partial charge >= 0.3 is 0 Å². The van der Waals surface area contributed by atoms with Crippen LogP contribution in [0, 0.1) is 0 Å². The molecule has 9 heteroatoms. The predicted molar refractivity (Wildman–Crippen MR) is 103 cm³/mol. The first-order valence-corrected chi connectivity index (χ1v) is 10.3. The molecular weight excluding hydrogens is 352 g/mol. The van der Waals surface area contributed by atoms with Gasteiger partial charge in [0.15, 0.2) is 0 Å². The number of carbonyl (C=O) groups is 2. The summed E-state index contributed by atoms with van der Waals surface area (Å²) in [5.41, 5.74) is 0. The van der Waals surface area contributed by atoms with E-state index in [4.69, 9.17) is 0 Å². The Bertz CT molecular complexity index is 616. The van der Waals surface area contributed by atoms with Gasteiger partial charge in [0.2, 0.25) is 22.1 Å². The van der Waals surface area contributed by atoms with E-state index in [0.717, 1.165) is 19.4 Å². The molecule has 2 aliphatic rings. The molecule has 144 valence electrons. The van der Waals surface area contributed by atoms with Crippen molar-refractivity contribution in [1.29, 1.82) is 0 Å². The van der Waals surface area contributed by atoms with Gasteiger partial charge in [-0.15, -0.1) is 10.2 Å². The first-order chi connectivity index (χ1) is 12.6. The lowest BCUT2D eigenvalue weighted by Crippen LogP contribution is -2.37. The molecule has 0 aromatic carbocycles. The van der Waals surface area contributed by atoms with Crippen LogP contribution in [0.1, 0.15) is 38.5 Å². The minimum Gasteiger partial charge on any atom is -0.355 e. The third-order valence-electron chi connectivity index (χ3n) is 4.84. The molecule has 2 fully saturated rings. The van der Waals surface area contributed by atoms with Gasteiger partial charge in [-0.1, -0.05) is 17.8 Å². The van der Waals surface area contributed by atoms with Crippen LogP contribution in [0.25, 0.3) is 0 Å². The van der Waals surface area contributed by atoms with Crippen molar-refractivity contribution in [1.82, 2.24) is 20.4 Å². The molecule has 0 unspecified atom stereocenters. The lowest BCUT2D eigenvalue weighted by Gasteiger charge is -2.26. The van der Waals surface area contributed by atoms with Crippen LogP contribution in [0.2, 0.25) is 0 Å². The van der Waals surface area contributed by atoms with E-state index in [0.29, 0.717) is 29.8 Å². The number of nitrogens with one attached hydrogen (secondary N) is 1. The van der Waals surface area contributed by atoms with Crippen LogP contribution in [0.4, 0.5) is 10.3 Å². The maximum absolute atomic E-state index is 12.1. The van der Waals surface area contributed by atoms with Crippen molar-refractivity contribution in [3.8, 4) is 0 Å². The summed E-state index contributed by atoms with van der Waals surface area (Å²) in [5, 5.41) is 12.5. The molecule has 0 saturated carbocycles. The van der Waals surface area contributed by atoms with Gasteiger partial charge in [-0.3, -0.25) is 14.5 Å². The molecule has 8 nitrogen and oxygen atoms in total. The molecule has 0 bridgehead atoms. The Balaban J connectivity index is 1.37. The van der Waals surface area contributed by atoms with E-state index in [1.54, 1.807) is 9.80 Å². The third-order valence-corrected chi connectivity index (χ3v) is 5.90. The lowest BCUT2D eigenvalue weighted by atomic mass is 10.1. The number of amides is 2. The van der Waals surface area contributed by atoms with Gasteiger partial charge in [0.25, 0.3) is 0 Å². The monoisotopic (exact) mass is 380 g/mol. The summed E-state index contributed by atoms with van der Waals surface area (Å²) in [5.74, 6) is 0.0851. The minimum atomic E-state index is -0.0138. The summed E-state index contributed by atoms with van der Waals surface area (Å²) < 4.78 is 0. The van der Waals surface area contributed by atoms with Gasteiger partial charge in [-0.25, -0.2) is 0 Å². The first-order valence-electron chi connectivity index (χ1n) is 9.47. The average Bonchev–Trinajstić information content (AvgIpc) is 3.28. The molecule has 0 spiro atoms. The normalized spacial score (nSPS) is 18.3. The van der Waals surface area contributed by atoms with Crippen LogP contribution < -0.4 is 15.1 Å². The zero-order valence-corrected chi connectivity index (χ0v) is 16.3. The molecule has 2 aliphatic heterocycles. The topological polar surface area (TPSA) is 81.7 Å². The van der Waals surface area contributed by atoms with Gasteiger partial charge in [-0.05, 0) is 45.3 Å². The summed E-state index contributed by atoms with van der Waals surface area (Å²) in [4.78, 5) is 29.8. The second kappa shape index (κ2) is 9.27. The first kappa shape index (κ1) is 19.0. The second-order valence-electron chi connectivity index (χ2n) is 6.98. The molecule has 1 N–H and O–H groups in total. The summed E-state index contributed by atoms with van der Waals surface area (Å²) in [6, 6.07) is 0. The Labute approximate surface area is 158 Å². The molecule has 3 heterocycles. The minimum absolute atomic E-state index is 0.0138. The van der Waals surface area contributed by atoms with E-state index in [1.165, 1.54) is 43.7 Å². The van der Waals surface area contributed by atoms with Gasteiger partial charge in [0.05, 0.1) is 6.54 Å². The Morgan fingerprint density at radius 3 is 2.73 bits per heavy atom. The molecule has 1 aromatic heterocycles. The van der Waals surface area contributed by atoms with Crippen molar-refractivity contribution in [2.24, 2.45) is 0 Å². The number of aromatic nitrogens is 2. The number of carbonyl (C=O) groups excluding carboxylic acids is 2. The fourth-order valence-electron chi connectivity index (χ4n) is 3.37. The van der Waals surface area contributed by atoms with Gasteiger partial charge in [0.1, 0.15) is 0 Å². The molecule has 0 aliphatic carbocycles. The molecular formula is C17H28N6O2S. The Hall–Kier alpha value is -1.74. The van der Waals surface area contributed by atoms with Crippen molar-refractivity contribution in [3.63, 3.8) is 0 Å². The number of likely N-dealkylation sites (N-methyl/N-ethyl adjacent to an activating group) is 1. The highest BCUT2D eigenvalue weighted by Crippen LogP contribution is 2.29. The van der Waals surface area contributed by atoms with Gasteiger partial charge in [-0.2, -0.15) is 0 Å². The summed E-state index contributed by atoms with van der Waals surface area (Å²) in [7, 11) is 1.82. The van der Waals surface area contributed by atoms with Crippen molar-refractivity contribution in [3.05, 3.63) is 0 Å². The maximum atomic E-state index is 12.1. The number of likely N-dealkylation sites (tertiary alicyclic amines) is 1. The Morgan fingerprint density at radius 2 is 2.00 bits per heavy atom. The van der Waals surface area contributed by atoms with E-state index in [-0.39, 0.29) is 18.4 Å². The second-order valence-corrected chi connectivity index (χ2v) is 7.91. The van der Waals surface area contributed by atoms with E-state index >= 15 is 0 Å². The third kappa shape index (κ3) is 5.14. The van der Waals surface area contributed by atoms with Crippen LogP contribution in [0.5, 0.6) is 0 Å². The molecule has 26 heavy (non-hydrogen) atoms. The van der Waals surface area contributed by atoms with E-state index in [9.17, 15) is 9.59 Å². The SMILES string of the molecule is CN(CC(=O)NCCCN1CCCCC1)c1nnc(N2CCCC2=O)s1. The van der Waals surface area contributed by atoms with E-state index < -0.39 is 0 Å². The highest BCUT2D eigenvalue weighted by atomic mass is 32.1. The molecule has 2 amide bonds. The number of hydrogen-bond acceptors (Lipinski definition) is 7. The van der Waals surface area contributed by atoms with Crippen LogP contribution in [-0.4, -0.2) is 73.2 Å². The van der Waals surface area contributed by atoms with Gasteiger partial charge in [0, 0.05) is 26.6 Å². The molecule has 1 aromatic rings. The predicted octanol–water partition coefficient (Wildman–Crippen LogP) is 1.09. The molecule has 3 rings (SSSR count). The largest absolute Gasteiger partial charge is 0.355 e. The standard InChI is InChI=1S/C17H28N6O2S/c1-21(16-19-20-17(26-16)23-12-5-7-15(23)25)13-14(24)18-8-6-11-22-9-3-2-4-10-22/h2-13H2,1H3,(H,18,24). The highest BCUT2D eigenvalue weighted by molar-refractivity contribution is 7.19. The number of rotatable bonds is 8. The van der Waals surface area contributed by atoms with Crippen molar-refractivity contribution in [2.45, 2.75) is 38.5 Å². The van der Waals surface area contributed by atoms with Crippen molar-refractivity contribution >= 4 is 33.4 Å². The zero-order valence-electron chi connectivity index (χ0n) is 15.4. The highest BCUT2D eigenvalue weighted by Gasteiger charge is 2.25.